The minimum Gasteiger partial charge on any atom is -0.319 e. The van der Waals surface area contributed by atoms with E-state index in [0.29, 0.717) is 0 Å². The summed E-state index contributed by atoms with van der Waals surface area (Å²) in [6.45, 7) is 0.771. The van der Waals surface area contributed by atoms with Crippen molar-refractivity contribution in [2.75, 3.05) is 4.90 Å². The van der Waals surface area contributed by atoms with Crippen LogP contribution in [0.15, 0.2) is 146 Å². The van der Waals surface area contributed by atoms with Gasteiger partial charge in [-0.1, -0.05) is 84.9 Å². The quantitative estimate of drug-likeness (QED) is 0.192. The van der Waals surface area contributed by atoms with Crippen LogP contribution >= 0.6 is 0 Å². The molecule has 0 bridgehead atoms. The second-order valence-corrected chi connectivity index (χ2v) is 12.8. The van der Waals surface area contributed by atoms with Gasteiger partial charge >= 0.3 is 0 Å². The summed E-state index contributed by atoms with van der Waals surface area (Å²) >= 11 is 0. The first-order chi connectivity index (χ1) is 23.8. The Balaban J connectivity index is 1.13. The summed E-state index contributed by atoms with van der Waals surface area (Å²) in [7, 11) is 0. The Bertz CT molecular complexity index is 2570. The molecule has 0 spiro atoms. The lowest BCUT2D eigenvalue weighted by atomic mass is 9.92. The molecule has 10 rings (SSSR count). The first-order valence-corrected chi connectivity index (χ1v) is 16.7. The Morgan fingerprint density at radius 2 is 1.42 bits per heavy atom. The number of para-hydroxylation sites is 3. The molecule has 3 heterocycles. The Labute approximate surface area is 279 Å². The number of fused-ring (bicyclic) bond motifs is 5. The Hall–Kier alpha value is -6.13. The number of allylic oxidation sites excluding steroid dienone is 1. The monoisotopic (exact) mass is 616 g/mol. The number of imidazole rings is 1. The van der Waals surface area contributed by atoms with E-state index >= 15 is 0 Å². The fourth-order valence-electron chi connectivity index (χ4n) is 7.86. The maximum Gasteiger partial charge on any atom is 0.141 e. The first kappa shape index (κ1) is 27.0. The molecule has 0 saturated carbocycles. The molecule has 2 aromatic heterocycles. The summed E-state index contributed by atoms with van der Waals surface area (Å²) in [4.78, 5) is 7.44. The molecule has 4 heteroatoms. The van der Waals surface area contributed by atoms with Crippen LogP contribution in [0.4, 0.5) is 11.4 Å². The van der Waals surface area contributed by atoms with Gasteiger partial charge < -0.3 is 14.0 Å². The number of hydrogen-bond donors (Lipinski definition) is 0. The van der Waals surface area contributed by atoms with Crippen LogP contribution in [-0.2, 0) is 13.0 Å². The second kappa shape index (κ2) is 10.7. The first-order valence-electron chi connectivity index (χ1n) is 16.7. The summed E-state index contributed by atoms with van der Waals surface area (Å²) in [6.07, 6.45) is 11.3. The van der Waals surface area contributed by atoms with Crippen molar-refractivity contribution in [1.82, 2.24) is 14.1 Å². The highest BCUT2D eigenvalue weighted by Gasteiger charge is 2.25. The van der Waals surface area contributed by atoms with Crippen molar-refractivity contribution in [1.29, 1.82) is 0 Å². The molecule has 0 unspecified atom stereocenters. The van der Waals surface area contributed by atoms with Gasteiger partial charge in [0.25, 0.3) is 0 Å². The number of rotatable bonds is 5. The fourth-order valence-corrected chi connectivity index (χ4v) is 7.86. The molecule has 0 N–H and O–H groups in total. The van der Waals surface area contributed by atoms with Crippen LogP contribution in [0.25, 0.3) is 61.9 Å². The van der Waals surface area contributed by atoms with Gasteiger partial charge in [-0.15, -0.1) is 0 Å². The van der Waals surface area contributed by atoms with Crippen molar-refractivity contribution in [3.63, 3.8) is 0 Å². The molecule has 0 fully saturated rings. The molecule has 228 valence electrons. The van der Waals surface area contributed by atoms with E-state index in [1.807, 2.05) is 0 Å². The van der Waals surface area contributed by atoms with Crippen molar-refractivity contribution in [3.8, 4) is 17.1 Å². The van der Waals surface area contributed by atoms with E-state index in [4.69, 9.17) is 4.98 Å². The number of benzene rings is 6. The molecule has 1 aliphatic carbocycles. The molecule has 2 aliphatic rings. The van der Waals surface area contributed by atoms with Gasteiger partial charge in [0.15, 0.2) is 0 Å². The van der Waals surface area contributed by atoms with Gasteiger partial charge in [-0.2, -0.15) is 0 Å². The maximum atomic E-state index is 5.13. The van der Waals surface area contributed by atoms with Crippen molar-refractivity contribution in [2.24, 2.45) is 0 Å². The van der Waals surface area contributed by atoms with Gasteiger partial charge in [0.1, 0.15) is 5.82 Å². The lowest BCUT2D eigenvalue weighted by molar-refractivity contribution is 0.834. The van der Waals surface area contributed by atoms with Gasteiger partial charge in [-0.05, 0) is 96.1 Å². The molecule has 8 aromatic rings. The highest BCUT2D eigenvalue weighted by atomic mass is 15.1. The fraction of sp³-hybridized carbons (Fsp3) is 0.0682. The minimum absolute atomic E-state index is 0.771. The third kappa shape index (κ3) is 4.12. The Kier molecular flexibility index (Phi) is 6.03. The summed E-state index contributed by atoms with van der Waals surface area (Å²) in [5, 5.41) is 3.90. The molecule has 4 nitrogen and oxygen atoms in total. The standard InChI is InChI=1S/C44H32N4/c1-3-12-30(13-4-1)29-47-39-20-10-8-18-37(39)45-44(47)31-22-24-34(25-23-31)48-38-19-9-7-17-35(38)43-36-26-27-46(33-15-5-2-6-16-33)40-21-11-14-32(42(36)40)28-41(43)48/h1-8,10-18,20-28H,9,19,29H2. The zero-order chi connectivity index (χ0) is 31.6. The van der Waals surface area contributed by atoms with Gasteiger partial charge in [-0.3, -0.25) is 0 Å². The highest BCUT2D eigenvalue weighted by molar-refractivity contribution is 6.16. The molecule has 0 saturated heterocycles. The normalized spacial score (nSPS) is 13.5. The number of hydrogen-bond acceptors (Lipinski definition) is 2. The number of nitrogens with zero attached hydrogens (tertiary/aromatic N) is 4. The van der Waals surface area contributed by atoms with Crippen LogP contribution in [-0.4, -0.2) is 14.1 Å². The van der Waals surface area contributed by atoms with Crippen molar-refractivity contribution in [2.45, 2.75) is 19.4 Å². The zero-order valence-electron chi connectivity index (χ0n) is 26.4. The summed E-state index contributed by atoms with van der Waals surface area (Å²) in [5.41, 5.74) is 13.4. The zero-order valence-corrected chi connectivity index (χ0v) is 26.4. The summed E-state index contributed by atoms with van der Waals surface area (Å²) in [6, 6.07) is 47.9. The van der Waals surface area contributed by atoms with Gasteiger partial charge in [-0.25, -0.2) is 4.98 Å². The van der Waals surface area contributed by atoms with E-state index in [-0.39, 0.29) is 0 Å². The maximum absolute atomic E-state index is 5.13. The topological polar surface area (TPSA) is 26.0 Å². The van der Waals surface area contributed by atoms with Crippen molar-refractivity contribution < 1.29 is 0 Å². The molecule has 48 heavy (non-hydrogen) atoms. The van der Waals surface area contributed by atoms with Gasteiger partial charge in [0, 0.05) is 51.7 Å². The second-order valence-electron chi connectivity index (χ2n) is 12.8. The van der Waals surface area contributed by atoms with E-state index < -0.39 is 0 Å². The van der Waals surface area contributed by atoms with Crippen LogP contribution in [0.3, 0.4) is 0 Å². The van der Waals surface area contributed by atoms with Crippen LogP contribution in [0.1, 0.15) is 28.8 Å². The number of anilines is 2. The van der Waals surface area contributed by atoms with E-state index in [2.05, 4.69) is 172 Å². The van der Waals surface area contributed by atoms with Gasteiger partial charge in [0.2, 0.25) is 0 Å². The molecule has 1 aliphatic heterocycles. The summed E-state index contributed by atoms with van der Waals surface area (Å²) in [5.74, 6) is 0.991. The van der Waals surface area contributed by atoms with Crippen molar-refractivity contribution >= 4 is 56.2 Å². The molecule has 0 atom stereocenters. The van der Waals surface area contributed by atoms with E-state index in [0.717, 1.165) is 41.8 Å². The van der Waals surface area contributed by atoms with Crippen molar-refractivity contribution in [3.05, 3.63) is 168 Å². The minimum atomic E-state index is 0.771. The average Bonchev–Trinajstić information content (AvgIpc) is 3.68. The van der Waals surface area contributed by atoms with Crippen LogP contribution in [0.5, 0.6) is 0 Å². The SMILES string of the molecule is C1=Cc2c(n(-c3ccc(-c4nc5ccccc5n4Cc4ccccc4)cc3)c3cc4cccc5c4c(c23)C=CN5c2ccccc2)CC1. The lowest BCUT2D eigenvalue weighted by Crippen LogP contribution is -2.11. The average molecular weight is 617 g/mol. The number of aromatic nitrogens is 3. The van der Waals surface area contributed by atoms with Crippen LogP contribution in [0.2, 0.25) is 0 Å². The van der Waals surface area contributed by atoms with E-state index in [1.54, 1.807) is 0 Å². The molecule has 0 radical (unpaired) electrons. The van der Waals surface area contributed by atoms with E-state index in [9.17, 15) is 0 Å². The van der Waals surface area contributed by atoms with Gasteiger partial charge in [0.05, 0.1) is 22.2 Å². The van der Waals surface area contributed by atoms with Crippen LogP contribution < -0.4 is 4.90 Å². The third-order valence-electron chi connectivity index (χ3n) is 9.99. The predicted molar refractivity (Wildman–Crippen MR) is 200 cm³/mol. The largest absolute Gasteiger partial charge is 0.319 e. The highest BCUT2D eigenvalue weighted by Crippen LogP contribution is 2.46. The predicted octanol–water partition coefficient (Wildman–Crippen LogP) is 10.9. The molecular weight excluding hydrogens is 585 g/mol. The lowest BCUT2D eigenvalue weighted by Gasteiger charge is -2.27. The molecular formula is C44H32N4. The summed E-state index contributed by atoms with van der Waals surface area (Å²) < 4.78 is 4.85. The molecule has 6 aromatic carbocycles. The smallest absolute Gasteiger partial charge is 0.141 e. The Morgan fingerprint density at radius 3 is 2.27 bits per heavy atom. The third-order valence-corrected chi connectivity index (χ3v) is 9.99. The molecule has 0 amide bonds. The Morgan fingerprint density at radius 1 is 0.625 bits per heavy atom. The van der Waals surface area contributed by atoms with Crippen LogP contribution in [0, 0.1) is 0 Å². The van der Waals surface area contributed by atoms with E-state index in [1.165, 1.54) is 61.1 Å².